The first-order valence-electron chi connectivity index (χ1n) is 6.25. The van der Waals surface area contributed by atoms with Crippen molar-refractivity contribution in [1.82, 2.24) is 10.2 Å². The van der Waals surface area contributed by atoms with Crippen molar-refractivity contribution in [2.75, 3.05) is 20.1 Å². The molecule has 1 heterocycles. The van der Waals surface area contributed by atoms with Crippen molar-refractivity contribution in [1.29, 1.82) is 0 Å². The lowest BCUT2D eigenvalue weighted by molar-refractivity contribution is 0.534. The third-order valence-electron chi connectivity index (χ3n) is 3.13. The highest BCUT2D eigenvalue weighted by Crippen LogP contribution is 2.15. The summed E-state index contributed by atoms with van der Waals surface area (Å²) < 4.78 is 0. The van der Waals surface area contributed by atoms with E-state index in [1.54, 1.807) is 0 Å². The summed E-state index contributed by atoms with van der Waals surface area (Å²) in [4.78, 5) is 6.58. The second-order valence-electron chi connectivity index (χ2n) is 4.88. The largest absolute Gasteiger partial charge is 0.352 e. The molecule has 3 nitrogen and oxygen atoms in total. The average molecular weight is 231 g/mol. The van der Waals surface area contributed by atoms with Crippen LogP contribution in [0.3, 0.4) is 0 Å². The second-order valence-corrected chi connectivity index (χ2v) is 4.88. The normalized spacial score (nSPS) is 15.3. The Hall–Kier alpha value is -1.51. The van der Waals surface area contributed by atoms with Gasteiger partial charge in [0.25, 0.3) is 0 Å². The van der Waals surface area contributed by atoms with Crippen molar-refractivity contribution in [3.8, 4) is 0 Å². The third-order valence-corrected chi connectivity index (χ3v) is 3.13. The molecule has 17 heavy (non-hydrogen) atoms. The number of benzene rings is 1. The highest BCUT2D eigenvalue weighted by atomic mass is 15.3. The number of likely N-dealkylation sites (N-methyl/N-ethyl adjacent to an activating group) is 1. The lowest BCUT2D eigenvalue weighted by atomic mass is 10.0. The number of hydrogen-bond donors (Lipinski definition) is 1. The smallest absolute Gasteiger partial charge is 0.194 e. The number of nitrogens with zero attached hydrogens (tertiary/aromatic N) is 2. The van der Waals surface area contributed by atoms with Gasteiger partial charge in [-0.25, -0.2) is 0 Å². The summed E-state index contributed by atoms with van der Waals surface area (Å²) in [6, 6.07) is 8.75. The fourth-order valence-corrected chi connectivity index (χ4v) is 1.97. The van der Waals surface area contributed by atoms with E-state index in [4.69, 9.17) is 0 Å². The van der Waals surface area contributed by atoms with Gasteiger partial charge in [-0.1, -0.05) is 38.1 Å². The molecular weight excluding hydrogens is 210 g/mol. The molecule has 0 unspecified atom stereocenters. The number of aliphatic imine (C=N–C) groups is 1. The Morgan fingerprint density at radius 2 is 2.24 bits per heavy atom. The van der Waals surface area contributed by atoms with Crippen LogP contribution in [0.25, 0.3) is 0 Å². The molecule has 0 radical (unpaired) electrons. The molecule has 1 aliphatic heterocycles. The molecule has 0 aromatic heterocycles. The van der Waals surface area contributed by atoms with Crippen molar-refractivity contribution >= 4 is 5.96 Å². The van der Waals surface area contributed by atoms with E-state index in [1.807, 2.05) is 0 Å². The second kappa shape index (κ2) is 5.21. The van der Waals surface area contributed by atoms with Gasteiger partial charge < -0.3 is 10.2 Å². The van der Waals surface area contributed by atoms with Gasteiger partial charge in [-0.05, 0) is 17.0 Å². The Labute approximate surface area is 104 Å². The minimum atomic E-state index is 0.585. The molecule has 3 heteroatoms. The summed E-state index contributed by atoms with van der Waals surface area (Å²) >= 11 is 0. The molecule has 0 saturated heterocycles. The van der Waals surface area contributed by atoms with Crippen molar-refractivity contribution in [2.45, 2.75) is 26.3 Å². The van der Waals surface area contributed by atoms with Crippen LogP contribution in [0, 0.1) is 0 Å². The fraction of sp³-hybridized carbons (Fsp3) is 0.500. The number of rotatable bonds is 3. The fourth-order valence-electron chi connectivity index (χ4n) is 1.97. The molecule has 0 spiro atoms. The Kier molecular flexibility index (Phi) is 3.67. The Bertz CT molecular complexity index is 410. The SMILES string of the molecule is CC(C)c1cccc(CNC2=NCCN2C)c1. The molecule has 1 N–H and O–H groups in total. The van der Waals surface area contributed by atoms with Crippen LogP contribution >= 0.6 is 0 Å². The van der Waals surface area contributed by atoms with Gasteiger partial charge in [0.15, 0.2) is 5.96 Å². The predicted molar refractivity (Wildman–Crippen MR) is 72.3 cm³/mol. The average Bonchev–Trinajstić information content (AvgIpc) is 2.72. The number of guanidine groups is 1. The van der Waals surface area contributed by atoms with Gasteiger partial charge in [0.05, 0.1) is 6.54 Å². The molecule has 0 fully saturated rings. The van der Waals surface area contributed by atoms with E-state index in [9.17, 15) is 0 Å². The van der Waals surface area contributed by atoms with Crippen LogP contribution in [-0.4, -0.2) is 31.0 Å². The van der Waals surface area contributed by atoms with Gasteiger partial charge in [-0.15, -0.1) is 0 Å². The molecule has 0 amide bonds. The summed E-state index contributed by atoms with van der Waals surface area (Å²) in [6.45, 7) is 7.23. The van der Waals surface area contributed by atoms with Crippen LogP contribution in [-0.2, 0) is 6.54 Å². The van der Waals surface area contributed by atoms with E-state index >= 15 is 0 Å². The standard InChI is InChI=1S/C14H21N3/c1-11(2)13-6-4-5-12(9-13)10-16-14-15-7-8-17(14)3/h4-6,9,11H,7-8,10H2,1-3H3,(H,15,16). The Balaban J connectivity index is 1.97. The molecule has 0 bridgehead atoms. The molecule has 0 saturated carbocycles. The summed E-state index contributed by atoms with van der Waals surface area (Å²) in [5.74, 6) is 1.60. The monoisotopic (exact) mass is 231 g/mol. The predicted octanol–water partition coefficient (Wildman–Crippen LogP) is 2.20. The van der Waals surface area contributed by atoms with Crippen molar-refractivity contribution in [2.24, 2.45) is 4.99 Å². The van der Waals surface area contributed by atoms with E-state index in [-0.39, 0.29) is 0 Å². The summed E-state index contributed by atoms with van der Waals surface area (Å²) in [5.41, 5.74) is 2.71. The van der Waals surface area contributed by atoms with Gasteiger partial charge in [0.2, 0.25) is 0 Å². The zero-order valence-corrected chi connectivity index (χ0v) is 10.9. The first-order chi connectivity index (χ1) is 8.16. The minimum absolute atomic E-state index is 0.585. The lowest BCUT2D eigenvalue weighted by Crippen LogP contribution is -2.35. The van der Waals surface area contributed by atoms with Crippen LogP contribution in [0.2, 0.25) is 0 Å². The first kappa shape index (κ1) is 12.0. The molecule has 1 aliphatic rings. The van der Waals surface area contributed by atoms with Crippen LogP contribution < -0.4 is 5.32 Å². The van der Waals surface area contributed by atoms with Crippen LogP contribution in [0.5, 0.6) is 0 Å². The zero-order valence-electron chi connectivity index (χ0n) is 10.9. The third kappa shape index (κ3) is 2.99. The summed E-state index contributed by atoms with van der Waals surface area (Å²) in [5, 5.41) is 3.39. The Morgan fingerprint density at radius 1 is 1.41 bits per heavy atom. The van der Waals surface area contributed by atoms with E-state index in [0.717, 1.165) is 25.6 Å². The van der Waals surface area contributed by atoms with E-state index in [2.05, 4.69) is 60.4 Å². The van der Waals surface area contributed by atoms with Gasteiger partial charge in [0, 0.05) is 20.1 Å². The number of nitrogens with one attached hydrogen (secondary N) is 1. The van der Waals surface area contributed by atoms with E-state index in [1.165, 1.54) is 11.1 Å². The van der Waals surface area contributed by atoms with E-state index < -0.39 is 0 Å². The van der Waals surface area contributed by atoms with Crippen LogP contribution in [0.4, 0.5) is 0 Å². The maximum absolute atomic E-state index is 4.42. The highest BCUT2D eigenvalue weighted by Gasteiger charge is 2.11. The molecule has 0 aliphatic carbocycles. The van der Waals surface area contributed by atoms with Gasteiger partial charge in [0.1, 0.15) is 0 Å². The van der Waals surface area contributed by atoms with E-state index in [0.29, 0.717) is 5.92 Å². The van der Waals surface area contributed by atoms with Crippen molar-refractivity contribution in [3.05, 3.63) is 35.4 Å². The van der Waals surface area contributed by atoms with Gasteiger partial charge in [-0.3, -0.25) is 4.99 Å². The number of hydrogen-bond acceptors (Lipinski definition) is 3. The highest BCUT2D eigenvalue weighted by molar-refractivity contribution is 5.81. The zero-order chi connectivity index (χ0) is 12.3. The maximum Gasteiger partial charge on any atom is 0.194 e. The van der Waals surface area contributed by atoms with Crippen LogP contribution in [0.1, 0.15) is 30.9 Å². The molecule has 0 atom stereocenters. The first-order valence-corrected chi connectivity index (χ1v) is 6.25. The maximum atomic E-state index is 4.42. The summed E-state index contributed by atoms with van der Waals surface area (Å²) in [7, 11) is 2.07. The molecule has 92 valence electrons. The quantitative estimate of drug-likeness (QED) is 0.863. The van der Waals surface area contributed by atoms with Crippen LogP contribution in [0.15, 0.2) is 29.3 Å². The van der Waals surface area contributed by atoms with Crippen molar-refractivity contribution in [3.63, 3.8) is 0 Å². The summed E-state index contributed by atoms with van der Waals surface area (Å²) in [6.07, 6.45) is 0. The topological polar surface area (TPSA) is 27.6 Å². The van der Waals surface area contributed by atoms with Crippen molar-refractivity contribution < 1.29 is 0 Å². The van der Waals surface area contributed by atoms with Gasteiger partial charge in [-0.2, -0.15) is 0 Å². The van der Waals surface area contributed by atoms with Gasteiger partial charge >= 0.3 is 0 Å². The minimum Gasteiger partial charge on any atom is -0.352 e. The Morgan fingerprint density at radius 3 is 2.88 bits per heavy atom. The lowest BCUT2D eigenvalue weighted by Gasteiger charge is -2.15. The molecule has 2 rings (SSSR count). The molecular formula is C14H21N3. The molecule has 1 aromatic carbocycles. The molecule has 1 aromatic rings.